The van der Waals surface area contributed by atoms with Crippen LogP contribution in [0.1, 0.15) is 61.3 Å². The van der Waals surface area contributed by atoms with Crippen molar-refractivity contribution in [2.75, 3.05) is 6.54 Å². The zero-order valence-corrected chi connectivity index (χ0v) is 15.3. The summed E-state index contributed by atoms with van der Waals surface area (Å²) in [6, 6.07) is 2.78. The van der Waals surface area contributed by atoms with Crippen molar-refractivity contribution in [2.45, 2.75) is 71.4 Å². The van der Waals surface area contributed by atoms with Crippen molar-refractivity contribution in [2.24, 2.45) is 0 Å². The molecule has 1 aromatic heterocycles. The number of benzene rings is 1. The lowest BCUT2D eigenvalue weighted by Gasteiger charge is -2.32. The van der Waals surface area contributed by atoms with Crippen LogP contribution >= 0.6 is 0 Å². The van der Waals surface area contributed by atoms with Crippen LogP contribution in [0.4, 0.5) is 0 Å². The van der Waals surface area contributed by atoms with Crippen molar-refractivity contribution in [1.82, 2.24) is 0 Å². The molecule has 1 aliphatic carbocycles. The van der Waals surface area contributed by atoms with Crippen LogP contribution in [0.5, 0.6) is 5.75 Å². The third-order valence-electron chi connectivity index (χ3n) is 6.34. The molecule has 134 valence electrons. The molecule has 1 aromatic carbocycles. The molecule has 2 atom stereocenters. The molecule has 0 radical (unpaired) electrons. The molecule has 0 spiro atoms. The average Bonchev–Trinajstić information content (AvgIpc) is 3.12. The highest BCUT2D eigenvalue weighted by molar-refractivity contribution is 5.87. The van der Waals surface area contributed by atoms with Crippen LogP contribution in [0.25, 0.3) is 11.0 Å². The minimum absolute atomic E-state index is 0.219. The van der Waals surface area contributed by atoms with Gasteiger partial charge in [0.05, 0.1) is 12.6 Å². The molecule has 25 heavy (non-hydrogen) atoms. The highest BCUT2D eigenvalue weighted by Gasteiger charge is 2.27. The number of fused-ring (bicyclic) bond motifs is 3. The molecule has 1 unspecified atom stereocenters. The Bertz CT molecular complexity index is 868. The largest absolute Gasteiger partial charge is 0.507 e. The van der Waals surface area contributed by atoms with Gasteiger partial charge in [-0.1, -0.05) is 6.92 Å². The van der Waals surface area contributed by atoms with Gasteiger partial charge in [0.25, 0.3) is 0 Å². The maximum Gasteiger partial charge on any atom is 0.339 e. The van der Waals surface area contributed by atoms with Crippen molar-refractivity contribution in [1.29, 1.82) is 0 Å². The van der Waals surface area contributed by atoms with Gasteiger partial charge in [-0.25, -0.2) is 4.79 Å². The first kappa shape index (κ1) is 16.6. The predicted molar refractivity (Wildman–Crippen MR) is 98.4 cm³/mol. The average molecular weight is 342 g/mol. The van der Waals surface area contributed by atoms with E-state index < -0.39 is 0 Å². The SMILES string of the molecule is CC[C@@H]1CCCC[NH+]1Cc1cc2c3c(c(=O)oc2c(C)c1O)CCC3. The molecular weight excluding hydrogens is 314 g/mol. The van der Waals surface area contributed by atoms with Gasteiger partial charge >= 0.3 is 5.63 Å². The van der Waals surface area contributed by atoms with Crippen LogP contribution in [0, 0.1) is 6.92 Å². The zero-order chi connectivity index (χ0) is 17.6. The van der Waals surface area contributed by atoms with E-state index in [0.29, 0.717) is 22.9 Å². The summed E-state index contributed by atoms with van der Waals surface area (Å²) >= 11 is 0. The van der Waals surface area contributed by atoms with Crippen LogP contribution in [0.3, 0.4) is 0 Å². The molecular formula is C21H28NO3+. The zero-order valence-electron chi connectivity index (χ0n) is 15.3. The number of quaternary nitrogens is 1. The normalized spacial score (nSPS) is 23.1. The van der Waals surface area contributed by atoms with E-state index in [4.69, 9.17) is 4.42 Å². The van der Waals surface area contributed by atoms with Crippen molar-refractivity contribution in [3.05, 3.63) is 38.7 Å². The van der Waals surface area contributed by atoms with Crippen LogP contribution in [-0.4, -0.2) is 17.7 Å². The molecule has 1 fully saturated rings. The van der Waals surface area contributed by atoms with Gasteiger partial charge < -0.3 is 14.4 Å². The van der Waals surface area contributed by atoms with Crippen molar-refractivity contribution in [3.63, 3.8) is 0 Å². The number of phenols is 1. The van der Waals surface area contributed by atoms with Gasteiger partial charge in [-0.2, -0.15) is 0 Å². The van der Waals surface area contributed by atoms with Crippen molar-refractivity contribution < 1.29 is 14.4 Å². The first-order valence-electron chi connectivity index (χ1n) is 9.74. The van der Waals surface area contributed by atoms with Crippen LogP contribution < -0.4 is 10.5 Å². The lowest BCUT2D eigenvalue weighted by atomic mass is 9.96. The second-order valence-corrected chi connectivity index (χ2v) is 7.77. The standard InChI is InChI=1S/C21H27NO3/c1-3-15-7-4-5-10-22(15)12-14-11-18-16-8-6-9-17(16)21(24)25-20(18)13(2)19(14)23/h11,15,23H,3-10,12H2,1-2H3/p+1/t15-/m1/s1. The molecule has 1 saturated heterocycles. The minimum atomic E-state index is -0.219. The summed E-state index contributed by atoms with van der Waals surface area (Å²) < 4.78 is 5.58. The van der Waals surface area contributed by atoms with E-state index in [9.17, 15) is 9.90 Å². The Morgan fingerprint density at radius 1 is 1.24 bits per heavy atom. The number of hydrogen-bond donors (Lipinski definition) is 2. The third-order valence-corrected chi connectivity index (χ3v) is 6.34. The quantitative estimate of drug-likeness (QED) is 0.843. The molecule has 4 heteroatoms. The maximum atomic E-state index is 12.2. The van der Waals surface area contributed by atoms with Crippen molar-refractivity contribution in [3.8, 4) is 5.75 Å². The van der Waals surface area contributed by atoms with Crippen LogP contribution in [0.2, 0.25) is 0 Å². The van der Waals surface area contributed by atoms with Gasteiger partial charge in [0.1, 0.15) is 17.9 Å². The Hall–Kier alpha value is -1.81. The van der Waals surface area contributed by atoms with E-state index in [1.165, 1.54) is 32.2 Å². The summed E-state index contributed by atoms with van der Waals surface area (Å²) in [6.45, 7) is 6.17. The van der Waals surface area contributed by atoms with Gasteiger partial charge in [-0.05, 0) is 63.5 Å². The monoisotopic (exact) mass is 342 g/mol. The smallest absolute Gasteiger partial charge is 0.339 e. The second kappa shape index (κ2) is 6.49. The first-order chi connectivity index (χ1) is 12.1. The number of phenolic OH excluding ortho intramolecular Hbond substituents is 1. The lowest BCUT2D eigenvalue weighted by Crippen LogP contribution is -3.15. The molecule has 2 aromatic rings. The van der Waals surface area contributed by atoms with Crippen molar-refractivity contribution >= 4 is 11.0 Å². The number of rotatable bonds is 3. The molecule has 2 aliphatic rings. The Kier molecular flexibility index (Phi) is 4.32. The fourth-order valence-corrected chi connectivity index (χ4v) is 4.89. The molecule has 0 saturated carbocycles. The summed E-state index contributed by atoms with van der Waals surface area (Å²) in [6.07, 6.45) is 7.83. The molecule has 0 amide bonds. The summed E-state index contributed by atoms with van der Waals surface area (Å²) in [4.78, 5) is 13.8. The molecule has 2 heterocycles. The van der Waals surface area contributed by atoms with E-state index in [1.807, 2.05) is 6.92 Å². The minimum Gasteiger partial charge on any atom is -0.507 e. The van der Waals surface area contributed by atoms with Crippen LogP contribution in [-0.2, 0) is 19.4 Å². The lowest BCUT2D eigenvalue weighted by molar-refractivity contribution is -0.944. The molecule has 4 rings (SSSR count). The van der Waals surface area contributed by atoms with E-state index in [0.717, 1.165) is 47.9 Å². The Labute approximate surface area is 148 Å². The summed E-state index contributed by atoms with van der Waals surface area (Å²) in [5.41, 5.74) is 4.07. The topological polar surface area (TPSA) is 54.9 Å². The molecule has 2 N–H and O–H groups in total. The van der Waals surface area contributed by atoms with Gasteiger partial charge in [-0.15, -0.1) is 0 Å². The van der Waals surface area contributed by atoms with E-state index >= 15 is 0 Å². The number of aromatic hydroxyl groups is 1. The third kappa shape index (κ3) is 2.77. The Morgan fingerprint density at radius 3 is 2.84 bits per heavy atom. The van der Waals surface area contributed by atoms with Gasteiger partial charge in [0.15, 0.2) is 0 Å². The van der Waals surface area contributed by atoms with Gasteiger partial charge in [0, 0.05) is 22.1 Å². The first-order valence-corrected chi connectivity index (χ1v) is 9.74. The highest BCUT2D eigenvalue weighted by Crippen LogP contribution is 2.35. The molecule has 0 bridgehead atoms. The fraction of sp³-hybridized carbons (Fsp3) is 0.571. The fourth-order valence-electron chi connectivity index (χ4n) is 4.89. The second-order valence-electron chi connectivity index (χ2n) is 7.77. The number of nitrogens with one attached hydrogen (secondary N) is 1. The van der Waals surface area contributed by atoms with Gasteiger partial charge in [-0.3, -0.25) is 0 Å². The van der Waals surface area contributed by atoms with E-state index in [2.05, 4.69) is 13.0 Å². The van der Waals surface area contributed by atoms with E-state index in [1.54, 1.807) is 4.90 Å². The summed E-state index contributed by atoms with van der Waals surface area (Å²) in [5, 5.41) is 11.8. The van der Waals surface area contributed by atoms with Gasteiger partial charge in [0.2, 0.25) is 0 Å². The molecule has 1 aliphatic heterocycles. The number of hydrogen-bond acceptors (Lipinski definition) is 3. The Morgan fingerprint density at radius 2 is 2.04 bits per heavy atom. The Balaban J connectivity index is 1.81. The number of piperidine rings is 1. The summed E-state index contributed by atoms with van der Waals surface area (Å²) in [7, 11) is 0. The van der Waals surface area contributed by atoms with Crippen LogP contribution in [0.15, 0.2) is 15.3 Å². The maximum absolute atomic E-state index is 12.2. The number of likely N-dealkylation sites (tertiary alicyclic amines) is 1. The van der Waals surface area contributed by atoms with E-state index in [-0.39, 0.29) is 5.63 Å². The predicted octanol–water partition coefficient (Wildman–Crippen LogP) is 2.64. The number of aryl methyl sites for hydroxylation is 2. The highest BCUT2D eigenvalue weighted by atomic mass is 16.4. The summed E-state index contributed by atoms with van der Waals surface area (Å²) in [5.74, 6) is 0.307. The molecule has 4 nitrogen and oxygen atoms in total.